The van der Waals surface area contributed by atoms with Crippen molar-refractivity contribution in [3.63, 3.8) is 0 Å². The van der Waals surface area contributed by atoms with Crippen molar-refractivity contribution < 1.29 is 4.74 Å². The standard InChI is InChI=1S/C13H21N3O/c1-14-10-11-4-3-5-13(15-11)16(2)12-6-8-17-9-7-12/h3-5,12,14H,6-10H2,1-2H3. The predicted octanol–water partition coefficient (Wildman–Crippen LogP) is 1.42. The third-order valence-corrected chi connectivity index (χ3v) is 3.25. The third-order valence-electron chi connectivity index (χ3n) is 3.25. The van der Waals surface area contributed by atoms with Crippen LogP contribution in [0.3, 0.4) is 0 Å². The first-order valence-corrected chi connectivity index (χ1v) is 6.22. The molecule has 1 fully saturated rings. The Labute approximate surface area is 103 Å². The molecule has 1 aliphatic rings. The second-order valence-corrected chi connectivity index (χ2v) is 4.47. The Balaban J connectivity index is 2.06. The Bertz CT molecular complexity index is 350. The SMILES string of the molecule is CNCc1cccc(N(C)C2CCOCC2)n1. The molecule has 17 heavy (non-hydrogen) atoms. The summed E-state index contributed by atoms with van der Waals surface area (Å²) in [4.78, 5) is 6.94. The molecule has 94 valence electrons. The van der Waals surface area contributed by atoms with E-state index in [0.29, 0.717) is 6.04 Å². The van der Waals surface area contributed by atoms with Gasteiger partial charge in [0.1, 0.15) is 5.82 Å². The van der Waals surface area contributed by atoms with Gasteiger partial charge in [-0.1, -0.05) is 6.07 Å². The second kappa shape index (κ2) is 5.98. The fourth-order valence-electron chi connectivity index (χ4n) is 2.20. The van der Waals surface area contributed by atoms with Gasteiger partial charge in [0.05, 0.1) is 5.69 Å². The molecule has 1 N–H and O–H groups in total. The summed E-state index contributed by atoms with van der Waals surface area (Å²) in [7, 11) is 4.07. The highest BCUT2D eigenvalue weighted by Gasteiger charge is 2.19. The number of ether oxygens (including phenoxy) is 1. The number of aromatic nitrogens is 1. The van der Waals surface area contributed by atoms with Crippen molar-refractivity contribution in [2.75, 3.05) is 32.2 Å². The van der Waals surface area contributed by atoms with E-state index in [2.05, 4.69) is 40.4 Å². The Kier molecular flexibility index (Phi) is 4.34. The van der Waals surface area contributed by atoms with E-state index in [0.717, 1.165) is 44.1 Å². The first-order valence-electron chi connectivity index (χ1n) is 6.22. The number of rotatable bonds is 4. The largest absolute Gasteiger partial charge is 0.381 e. The molecular formula is C13H21N3O. The second-order valence-electron chi connectivity index (χ2n) is 4.47. The number of hydrogen-bond acceptors (Lipinski definition) is 4. The Morgan fingerprint density at radius 3 is 2.88 bits per heavy atom. The van der Waals surface area contributed by atoms with Crippen molar-refractivity contribution >= 4 is 5.82 Å². The van der Waals surface area contributed by atoms with Crippen LogP contribution < -0.4 is 10.2 Å². The van der Waals surface area contributed by atoms with E-state index >= 15 is 0 Å². The molecule has 4 nitrogen and oxygen atoms in total. The number of nitrogens with zero attached hydrogens (tertiary/aromatic N) is 2. The monoisotopic (exact) mass is 235 g/mol. The Morgan fingerprint density at radius 1 is 1.41 bits per heavy atom. The summed E-state index contributed by atoms with van der Waals surface area (Å²) in [5.41, 5.74) is 1.09. The minimum Gasteiger partial charge on any atom is -0.381 e. The molecule has 0 atom stereocenters. The molecule has 0 saturated carbocycles. The molecule has 0 spiro atoms. The van der Waals surface area contributed by atoms with Gasteiger partial charge in [-0.25, -0.2) is 4.98 Å². The fourth-order valence-corrected chi connectivity index (χ4v) is 2.20. The minimum absolute atomic E-state index is 0.557. The lowest BCUT2D eigenvalue weighted by molar-refractivity contribution is 0.0853. The van der Waals surface area contributed by atoms with Crippen molar-refractivity contribution in [2.45, 2.75) is 25.4 Å². The summed E-state index contributed by atoms with van der Waals surface area (Å²) >= 11 is 0. The lowest BCUT2D eigenvalue weighted by Gasteiger charge is -2.32. The van der Waals surface area contributed by atoms with Crippen molar-refractivity contribution in [1.29, 1.82) is 0 Å². The number of anilines is 1. The number of pyridine rings is 1. The average Bonchev–Trinajstić information content (AvgIpc) is 2.40. The van der Waals surface area contributed by atoms with Crippen LogP contribution in [0.2, 0.25) is 0 Å². The maximum atomic E-state index is 5.39. The molecule has 1 aromatic heterocycles. The molecular weight excluding hydrogens is 214 g/mol. The van der Waals surface area contributed by atoms with Gasteiger partial charge in [0.15, 0.2) is 0 Å². The zero-order valence-corrected chi connectivity index (χ0v) is 10.6. The van der Waals surface area contributed by atoms with Crippen LogP contribution in [0.15, 0.2) is 18.2 Å². The van der Waals surface area contributed by atoms with Crippen LogP contribution in [0.25, 0.3) is 0 Å². The van der Waals surface area contributed by atoms with Crippen LogP contribution in [0.5, 0.6) is 0 Å². The molecule has 2 heterocycles. The highest BCUT2D eigenvalue weighted by molar-refractivity contribution is 5.39. The van der Waals surface area contributed by atoms with Crippen molar-refractivity contribution in [2.24, 2.45) is 0 Å². The molecule has 0 radical (unpaired) electrons. The molecule has 1 aromatic rings. The summed E-state index contributed by atoms with van der Waals surface area (Å²) in [6.07, 6.45) is 2.18. The van der Waals surface area contributed by atoms with Crippen molar-refractivity contribution in [1.82, 2.24) is 10.3 Å². The molecule has 1 saturated heterocycles. The number of hydrogen-bond donors (Lipinski definition) is 1. The number of nitrogens with one attached hydrogen (secondary N) is 1. The first kappa shape index (κ1) is 12.3. The first-order chi connectivity index (χ1) is 8.31. The average molecular weight is 235 g/mol. The van der Waals surface area contributed by atoms with Gasteiger partial charge in [-0.2, -0.15) is 0 Å². The fraction of sp³-hybridized carbons (Fsp3) is 0.615. The zero-order valence-electron chi connectivity index (χ0n) is 10.6. The van der Waals surface area contributed by atoms with Gasteiger partial charge in [-0.15, -0.1) is 0 Å². The molecule has 0 aliphatic carbocycles. The van der Waals surface area contributed by atoms with Gasteiger partial charge in [-0.3, -0.25) is 0 Å². The van der Waals surface area contributed by atoms with Crippen LogP contribution >= 0.6 is 0 Å². The molecule has 0 bridgehead atoms. The molecule has 0 aromatic carbocycles. The summed E-state index contributed by atoms with van der Waals surface area (Å²) in [6.45, 7) is 2.55. The predicted molar refractivity (Wildman–Crippen MR) is 69.2 cm³/mol. The lowest BCUT2D eigenvalue weighted by Crippen LogP contribution is -2.37. The van der Waals surface area contributed by atoms with Crippen LogP contribution in [0.4, 0.5) is 5.82 Å². The van der Waals surface area contributed by atoms with Gasteiger partial charge < -0.3 is 15.0 Å². The summed E-state index contributed by atoms with van der Waals surface area (Å²) in [5.74, 6) is 1.06. The van der Waals surface area contributed by atoms with Gasteiger partial charge in [0.2, 0.25) is 0 Å². The molecule has 2 rings (SSSR count). The van der Waals surface area contributed by atoms with E-state index in [1.54, 1.807) is 0 Å². The van der Waals surface area contributed by atoms with Gasteiger partial charge in [-0.05, 0) is 32.0 Å². The molecule has 0 amide bonds. The van der Waals surface area contributed by atoms with Crippen LogP contribution in [-0.2, 0) is 11.3 Å². The van der Waals surface area contributed by atoms with E-state index in [4.69, 9.17) is 4.74 Å². The topological polar surface area (TPSA) is 37.4 Å². The summed E-state index contributed by atoms with van der Waals surface area (Å²) in [6, 6.07) is 6.76. The molecule has 1 aliphatic heterocycles. The van der Waals surface area contributed by atoms with Gasteiger partial charge in [0, 0.05) is 32.8 Å². The summed E-state index contributed by atoms with van der Waals surface area (Å²) in [5, 5.41) is 3.13. The van der Waals surface area contributed by atoms with E-state index < -0.39 is 0 Å². The summed E-state index contributed by atoms with van der Waals surface area (Å²) < 4.78 is 5.39. The van der Waals surface area contributed by atoms with E-state index in [1.165, 1.54) is 0 Å². The van der Waals surface area contributed by atoms with Crippen molar-refractivity contribution in [3.8, 4) is 0 Å². The minimum atomic E-state index is 0.557. The van der Waals surface area contributed by atoms with E-state index in [9.17, 15) is 0 Å². The smallest absolute Gasteiger partial charge is 0.128 e. The van der Waals surface area contributed by atoms with Crippen LogP contribution in [0.1, 0.15) is 18.5 Å². The van der Waals surface area contributed by atoms with Gasteiger partial charge >= 0.3 is 0 Å². The highest BCUT2D eigenvalue weighted by Crippen LogP contribution is 2.19. The van der Waals surface area contributed by atoms with E-state index in [1.807, 2.05) is 7.05 Å². The van der Waals surface area contributed by atoms with Crippen molar-refractivity contribution in [3.05, 3.63) is 23.9 Å². The van der Waals surface area contributed by atoms with Gasteiger partial charge in [0.25, 0.3) is 0 Å². The van der Waals surface area contributed by atoms with Crippen LogP contribution in [0, 0.1) is 0 Å². The van der Waals surface area contributed by atoms with E-state index in [-0.39, 0.29) is 0 Å². The Hall–Kier alpha value is -1.13. The third kappa shape index (κ3) is 3.17. The molecule has 4 heteroatoms. The quantitative estimate of drug-likeness (QED) is 0.856. The normalized spacial score (nSPS) is 17.1. The Morgan fingerprint density at radius 2 is 2.18 bits per heavy atom. The maximum absolute atomic E-state index is 5.39. The van der Waals surface area contributed by atoms with Crippen LogP contribution in [-0.4, -0.2) is 38.3 Å². The molecule has 0 unspecified atom stereocenters. The highest BCUT2D eigenvalue weighted by atomic mass is 16.5. The lowest BCUT2D eigenvalue weighted by atomic mass is 10.1. The maximum Gasteiger partial charge on any atom is 0.128 e. The zero-order chi connectivity index (χ0) is 12.1.